The highest BCUT2D eigenvalue weighted by Crippen LogP contribution is 2.36. The van der Waals surface area contributed by atoms with Gasteiger partial charge in [-0.25, -0.2) is 4.68 Å². The molecule has 0 saturated heterocycles. The van der Waals surface area contributed by atoms with Crippen LogP contribution >= 0.6 is 0 Å². The van der Waals surface area contributed by atoms with Crippen molar-refractivity contribution in [3.63, 3.8) is 0 Å². The molecule has 0 fully saturated rings. The van der Waals surface area contributed by atoms with Gasteiger partial charge < -0.3 is 15.4 Å². The molecule has 0 spiro atoms. The molecule has 2 aromatic carbocycles. The van der Waals surface area contributed by atoms with Crippen molar-refractivity contribution in [3.05, 3.63) is 81.8 Å². The molecule has 1 amide bonds. The molecule has 30 heavy (non-hydrogen) atoms. The second-order valence-corrected chi connectivity index (χ2v) is 6.60. The van der Waals surface area contributed by atoms with Crippen molar-refractivity contribution in [3.8, 4) is 5.75 Å². The molecule has 10 heteroatoms. The summed E-state index contributed by atoms with van der Waals surface area (Å²) >= 11 is 0. The average Bonchev–Trinajstić information content (AvgIpc) is 3.21. The second-order valence-electron chi connectivity index (χ2n) is 6.60. The normalized spacial score (nSPS) is 15.2. The number of allylic oxidation sites excluding steroid dienone is 1. The zero-order valence-corrected chi connectivity index (χ0v) is 16.2. The Morgan fingerprint density at radius 1 is 1.27 bits per heavy atom. The van der Waals surface area contributed by atoms with Gasteiger partial charge in [-0.1, -0.05) is 24.3 Å². The number of ether oxygens (including phenoxy) is 1. The lowest BCUT2D eigenvalue weighted by atomic mass is 9.94. The Bertz CT molecular complexity index is 1170. The maximum Gasteiger partial charge on any atom is 0.269 e. The number of carbonyl (C=O) groups is 1. The summed E-state index contributed by atoms with van der Waals surface area (Å²) in [5, 5.41) is 21.4. The highest BCUT2D eigenvalue weighted by Gasteiger charge is 2.34. The number of fused-ring (bicyclic) bond motifs is 1. The zero-order valence-electron chi connectivity index (χ0n) is 16.2. The van der Waals surface area contributed by atoms with E-state index in [-0.39, 0.29) is 11.6 Å². The Hall–Kier alpha value is -4.21. The predicted molar refractivity (Wildman–Crippen MR) is 109 cm³/mol. The van der Waals surface area contributed by atoms with Crippen LogP contribution in [-0.4, -0.2) is 32.7 Å². The van der Waals surface area contributed by atoms with Crippen LogP contribution in [0.15, 0.2) is 66.1 Å². The number of non-ortho nitro benzene ring substituents is 1. The quantitative estimate of drug-likeness (QED) is 0.493. The average molecular weight is 406 g/mol. The van der Waals surface area contributed by atoms with E-state index in [9.17, 15) is 14.9 Å². The standard InChI is InChI=1S/C20H18N6O4/c1-12-17(19(27)24-15-8-3-4-9-16(15)30-2)18(25-20(23-12)21-11-22-25)13-6-5-7-14(10-13)26(28)29/h3-11,18H,1-2H3,(H,24,27)(H,21,22,23)/t18-/m1/s1. The molecule has 2 N–H and O–H groups in total. The first-order chi connectivity index (χ1) is 14.5. The number of nitrogens with one attached hydrogen (secondary N) is 2. The van der Waals surface area contributed by atoms with Crippen molar-refractivity contribution in [2.75, 3.05) is 17.7 Å². The lowest BCUT2D eigenvalue weighted by Gasteiger charge is -2.28. The molecule has 0 bridgehead atoms. The number of benzene rings is 2. The van der Waals surface area contributed by atoms with Crippen LogP contribution in [0.3, 0.4) is 0 Å². The molecule has 10 nitrogen and oxygen atoms in total. The van der Waals surface area contributed by atoms with Gasteiger partial charge in [0.05, 0.1) is 23.3 Å². The number of nitrogens with zero attached hydrogens (tertiary/aromatic N) is 4. The minimum Gasteiger partial charge on any atom is -0.495 e. The third-order valence-electron chi connectivity index (χ3n) is 4.79. The first-order valence-electron chi connectivity index (χ1n) is 9.05. The van der Waals surface area contributed by atoms with Gasteiger partial charge in [0.15, 0.2) is 0 Å². The fraction of sp³-hybridized carbons (Fsp3) is 0.150. The highest BCUT2D eigenvalue weighted by molar-refractivity contribution is 6.06. The number of carbonyl (C=O) groups excluding carboxylic acids is 1. The van der Waals surface area contributed by atoms with E-state index >= 15 is 0 Å². The topological polar surface area (TPSA) is 124 Å². The van der Waals surface area contributed by atoms with Crippen LogP contribution in [0, 0.1) is 10.1 Å². The molecular weight excluding hydrogens is 388 g/mol. The van der Waals surface area contributed by atoms with E-state index in [2.05, 4.69) is 20.7 Å². The summed E-state index contributed by atoms with van der Waals surface area (Å²) in [5.41, 5.74) is 1.91. The van der Waals surface area contributed by atoms with Crippen molar-refractivity contribution >= 4 is 23.2 Å². The van der Waals surface area contributed by atoms with Gasteiger partial charge in [-0.05, 0) is 24.6 Å². The third kappa shape index (κ3) is 3.34. The number of anilines is 2. The smallest absolute Gasteiger partial charge is 0.269 e. The van der Waals surface area contributed by atoms with E-state index in [0.29, 0.717) is 34.2 Å². The predicted octanol–water partition coefficient (Wildman–Crippen LogP) is 3.12. The Morgan fingerprint density at radius 3 is 2.83 bits per heavy atom. The number of nitro benzene ring substituents is 1. The highest BCUT2D eigenvalue weighted by atomic mass is 16.6. The summed E-state index contributed by atoms with van der Waals surface area (Å²) in [7, 11) is 1.52. The number of hydrogen-bond donors (Lipinski definition) is 2. The van der Waals surface area contributed by atoms with Crippen molar-refractivity contribution in [1.29, 1.82) is 0 Å². The van der Waals surface area contributed by atoms with Crippen LogP contribution in [0.5, 0.6) is 5.75 Å². The number of aromatic nitrogens is 3. The molecule has 1 atom stereocenters. The SMILES string of the molecule is COc1ccccc1NC(=O)C1=C(C)Nc2ncnn2[C@@H]1c1cccc([N+](=O)[O-])c1. The molecule has 1 aliphatic rings. The fourth-order valence-electron chi connectivity index (χ4n) is 3.44. The van der Waals surface area contributed by atoms with E-state index in [4.69, 9.17) is 4.74 Å². The summed E-state index contributed by atoms with van der Waals surface area (Å²) in [5.74, 6) is 0.571. The second kappa shape index (κ2) is 7.66. The lowest BCUT2D eigenvalue weighted by molar-refractivity contribution is -0.384. The number of nitro groups is 1. The third-order valence-corrected chi connectivity index (χ3v) is 4.79. The van der Waals surface area contributed by atoms with E-state index in [1.165, 1.54) is 30.3 Å². The van der Waals surface area contributed by atoms with Crippen molar-refractivity contribution in [2.24, 2.45) is 0 Å². The van der Waals surface area contributed by atoms with Crippen molar-refractivity contribution in [2.45, 2.75) is 13.0 Å². The molecule has 0 unspecified atom stereocenters. The number of hydrogen-bond acceptors (Lipinski definition) is 7. The van der Waals surface area contributed by atoms with E-state index in [1.54, 1.807) is 43.3 Å². The van der Waals surface area contributed by atoms with Crippen LogP contribution < -0.4 is 15.4 Å². The molecular formula is C20H18N6O4. The molecule has 0 radical (unpaired) electrons. The molecule has 4 rings (SSSR count). The van der Waals surface area contributed by atoms with E-state index < -0.39 is 11.0 Å². The van der Waals surface area contributed by atoms with Gasteiger partial charge >= 0.3 is 0 Å². The molecule has 2 heterocycles. The van der Waals surface area contributed by atoms with Crippen LogP contribution in [0.4, 0.5) is 17.3 Å². The lowest BCUT2D eigenvalue weighted by Crippen LogP contribution is -2.31. The van der Waals surface area contributed by atoms with Crippen molar-refractivity contribution < 1.29 is 14.5 Å². The first kappa shape index (κ1) is 19.1. The van der Waals surface area contributed by atoms with Gasteiger partial charge in [0, 0.05) is 17.8 Å². The van der Waals surface area contributed by atoms with Crippen LogP contribution in [-0.2, 0) is 4.79 Å². The maximum atomic E-state index is 13.3. The molecule has 3 aromatic rings. The summed E-state index contributed by atoms with van der Waals surface area (Å²) in [6.45, 7) is 1.75. The van der Waals surface area contributed by atoms with Gasteiger partial charge in [0.1, 0.15) is 18.1 Å². The van der Waals surface area contributed by atoms with E-state index in [0.717, 1.165) is 0 Å². The number of amides is 1. The zero-order chi connectivity index (χ0) is 21.3. The Labute approximate surface area is 171 Å². The summed E-state index contributed by atoms with van der Waals surface area (Å²) in [4.78, 5) is 28.3. The Morgan fingerprint density at radius 2 is 2.07 bits per heavy atom. The van der Waals surface area contributed by atoms with Crippen LogP contribution in [0.25, 0.3) is 0 Å². The number of methoxy groups -OCH3 is 1. The summed E-state index contributed by atoms with van der Waals surface area (Å²) in [6, 6.07) is 12.5. The molecule has 1 aromatic heterocycles. The monoisotopic (exact) mass is 406 g/mol. The molecule has 0 saturated carbocycles. The van der Waals surface area contributed by atoms with Gasteiger partial charge in [0.2, 0.25) is 5.95 Å². The Balaban J connectivity index is 1.79. The Kier molecular flexibility index (Phi) is 4.88. The van der Waals surface area contributed by atoms with Crippen LogP contribution in [0.2, 0.25) is 0 Å². The number of rotatable bonds is 5. The van der Waals surface area contributed by atoms with Gasteiger partial charge in [-0.15, -0.1) is 0 Å². The molecule has 0 aliphatic carbocycles. The first-order valence-corrected chi connectivity index (χ1v) is 9.05. The van der Waals surface area contributed by atoms with Crippen molar-refractivity contribution in [1.82, 2.24) is 14.8 Å². The summed E-state index contributed by atoms with van der Waals surface area (Å²) in [6.07, 6.45) is 1.36. The van der Waals surface area contributed by atoms with Gasteiger partial charge in [-0.2, -0.15) is 10.1 Å². The fourth-order valence-corrected chi connectivity index (χ4v) is 3.44. The van der Waals surface area contributed by atoms with Crippen LogP contribution in [0.1, 0.15) is 18.5 Å². The number of para-hydroxylation sites is 2. The van der Waals surface area contributed by atoms with Gasteiger partial charge in [0.25, 0.3) is 11.6 Å². The molecule has 1 aliphatic heterocycles. The minimum absolute atomic E-state index is 0.0742. The van der Waals surface area contributed by atoms with Gasteiger partial charge in [-0.3, -0.25) is 14.9 Å². The minimum atomic E-state index is -0.696. The van der Waals surface area contributed by atoms with E-state index in [1.807, 2.05) is 0 Å². The largest absolute Gasteiger partial charge is 0.495 e. The maximum absolute atomic E-state index is 13.3. The summed E-state index contributed by atoms with van der Waals surface area (Å²) < 4.78 is 6.84. The molecule has 152 valence electrons.